The van der Waals surface area contributed by atoms with Crippen LogP contribution in [0, 0.1) is 6.92 Å². The van der Waals surface area contributed by atoms with Gasteiger partial charge in [-0.15, -0.1) is 5.10 Å². The van der Waals surface area contributed by atoms with E-state index >= 15 is 0 Å². The Morgan fingerprint density at radius 1 is 1.13 bits per heavy atom. The van der Waals surface area contributed by atoms with E-state index in [4.69, 9.17) is 0 Å². The normalized spacial score (nSPS) is 11.7. The summed E-state index contributed by atoms with van der Waals surface area (Å²) in [5, 5.41) is 22.5. The molecular weight excluding hydrogens is 630 g/mol. The van der Waals surface area contributed by atoms with Crippen LogP contribution in [-0.2, 0) is 10.2 Å². The lowest BCUT2D eigenvalue weighted by Crippen LogP contribution is -2.34. The van der Waals surface area contributed by atoms with E-state index in [1.165, 1.54) is 23.5 Å². The van der Waals surface area contributed by atoms with Crippen LogP contribution in [0.25, 0.3) is 17.1 Å². The molecule has 0 fully saturated rings. The highest BCUT2D eigenvalue weighted by Crippen LogP contribution is 2.30. The zero-order chi connectivity index (χ0) is 27.4. The van der Waals surface area contributed by atoms with Crippen LogP contribution < -0.4 is 9.99 Å². The predicted octanol–water partition coefficient (Wildman–Crippen LogP) is 6.43. The molecule has 4 rings (SSSR count). The second-order valence-corrected chi connectivity index (χ2v) is 12.5. The number of hydrogen-bond donors (Lipinski definition) is 3. The Labute approximate surface area is 243 Å². The van der Waals surface area contributed by atoms with Gasteiger partial charge in [0.1, 0.15) is 11.4 Å². The van der Waals surface area contributed by atoms with Gasteiger partial charge in [-0.3, -0.25) is 4.79 Å². The molecule has 1 aromatic heterocycles. The quantitative estimate of drug-likeness (QED) is 0.0924. The minimum absolute atomic E-state index is 0.0410. The van der Waals surface area contributed by atoms with Gasteiger partial charge in [0.25, 0.3) is 11.7 Å². The molecule has 0 radical (unpaired) electrons. The molecule has 3 aromatic carbocycles. The minimum Gasteiger partial charge on any atom is -0.506 e. The number of hydrazone groups is 1. The summed E-state index contributed by atoms with van der Waals surface area (Å²) in [6.45, 7) is 8.61. The fourth-order valence-corrected chi connectivity index (χ4v) is 5.69. The van der Waals surface area contributed by atoms with E-state index in [1.54, 1.807) is 12.1 Å². The maximum Gasteiger partial charge on any atom is 0.342 e. The largest absolute Gasteiger partial charge is 0.506 e. The Bertz CT molecular complexity index is 1480. The number of carbonyl (C=O) groups excluding carboxylic acids is 1. The van der Waals surface area contributed by atoms with Crippen molar-refractivity contribution >= 4 is 55.7 Å². The van der Waals surface area contributed by atoms with Gasteiger partial charge in [0, 0.05) is 10.0 Å². The van der Waals surface area contributed by atoms with E-state index in [9.17, 15) is 9.90 Å². The summed E-state index contributed by atoms with van der Waals surface area (Å²) in [5.74, 6) is 0.671. The number of thioether (sulfide) groups is 1. The van der Waals surface area contributed by atoms with Crippen molar-refractivity contribution in [2.75, 3.05) is 5.75 Å². The molecule has 0 unspecified atom stereocenters. The Kier molecular flexibility index (Phi) is 8.74. The molecule has 0 aliphatic heterocycles. The number of aromatic nitrogens is 3. The highest BCUT2D eigenvalue weighted by molar-refractivity contribution is 9.11. The molecule has 0 saturated carbocycles. The smallest absolute Gasteiger partial charge is 0.342 e. The fourth-order valence-electron chi connectivity index (χ4n) is 3.67. The summed E-state index contributed by atoms with van der Waals surface area (Å²) < 4.78 is 3.32. The highest BCUT2D eigenvalue weighted by atomic mass is 79.9. The molecule has 4 aromatic rings. The maximum absolute atomic E-state index is 12.6. The second kappa shape index (κ2) is 11.8. The number of halogens is 2. The molecule has 7 nitrogen and oxygen atoms in total. The third-order valence-corrected chi connectivity index (χ3v) is 7.77. The van der Waals surface area contributed by atoms with Gasteiger partial charge in [-0.1, -0.05) is 66.5 Å². The van der Waals surface area contributed by atoms with E-state index in [0.717, 1.165) is 27.1 Å². The Morgan fingerprint density at radius 2 is 1.82 bits per heavy atom. The third kappa shape index (κ3) is 6.73. The maximum atomic E-state index is 12.6. The van der Waals surface area contributed by atoms with Crippen LogP contribution in [0.5, 0.6) is 5.75 Å². The van der Waals surface area contributed by atoms with Crippen molar-refractivity contribution in [3.63, 3.8) is 0 Å². The summed E-state index contributed by atoms with van der Waals surface area (Å²) >= 11 is 7.96. The van der Waals surface area contributed by atoms with Crippen molar-refractivity contribution in [3.8, 4) is 22.8 Å². The van der Waals surface area contributed by atoms with Crippen molar-refractivity contribution in [2.24, 2.45) is 5.10 Å². The average molecular weight is 658 g/mol. The zero-order valence-electron chi connectivity index (χ0n) is 21.4. The van der Waals surface area contributed by atoms with Crippen LogP contribution >= 0.6 is 43.6 Å². The number of aromatic hydroxyl groups is 1. The first-order chi connectivity index (χ1) is 18.0. The van der Waals surface area contributed by atoms with Crippen molar-refractivity contribution < 1.29 is 14.5 Å². The number of aromatic amines is 1. The lowest BCUT2D eigenvalue weighted by atomic mass is 9.87. The Morgan fingerprint density at radius 3 is 2.47 bits per heavy atom. The first kappa shape index (κ1) is 28.1. The number of nitrogens with zero attached hydrogens (tertiary/aromatic N) is 3. The first-order valence-electron chi connectivity index (χ1n) is 11.8. The first-order valence-corrected chi connectivity index (χ1v) is 14.4. The van der Waals surface area contributed by atoms with Gasteiger partial charge in [0.15, 0.2) is 0 Å². The molecule has 0 spiro atoms. The number of phenols is 1. The van der Waals surface area contributed by atoms with Gasteiger partial charge in [0.05, 0.1) is 27.1 Å². The summed E-state index contributed by atoms with van der Waals surface area (Å²) in [5.41, 5.74) is 7.37. The third-order valence-electron chi connectivity index (χ3n) is 5.77. The molecule has 10 heteroatoms. The van der Waals surface area contributed by atoms with Crippen LogP contribution in [0.4, 0.5) is 0 Å². The molecule has 1 amide bonds. The van der Waals surface area contributed by atoms with Gasteiger partial charge in [0.2, 0.25) is 0 Å². The molecule has 0 aliphatic rings. The Balaban J connectivity index is 1.54. The molecule has 3 N–H and O–H groups in total. The summed E-state index contributed by atoms with van der Waals surface area (Å²) in [6, 6.07) is 20.0. The monoisotopic (exact) mass is 656 g/mol. The highest BCUT2D eigenvalue weighted by Gasteiger charge is 2.25. The number of benzene rings is 3. The van der Waals surface area contributed by atoms with E-state index < -0.39 is 0 Å². The van der Waals surface area contributed by atoms with Gasteiger partial charge < -0.3 is 5.11 Å². The van der Waals surface area contributed by atoms with E-state index in [2.05, 4.69) is 97.6 Å². The van der Waals surface area contributed by atoms with Crippen molar-refractivity contribution in [2.45, 2.75) is 38.3 Å². The molecule has 0 bridgehead atoms. The summed E-state index contributed by atoms with van der Waals surface area (Å²) in [4.78, 5) is 12.6. The predicted molar refractivity (Wildman–Crippen MR) is 159 cm³/mol. The topological polar surface area (TPSA) is 94.2 Å². The number of amides is 1. The molecule has 1 heterocycles. The standard InChI is InChI=1S/C28H27Br2N5O2S/c1-17-5-11-22(12-6-17)35-26(18-7-9-20(10-8-18)28(2,3)4)33-34-27(35)38-16-24(36)32-31-15-19-13-21(29)14-23(30)25(19)37/h5-15H,16H2,1-4H3,(H2,31,32,36,37)/p+1. The van der Waals surface area contributed by atoms with Crippen molar-refractivity contribution in [1.82, 2.24) is 15.6 Å². The zero-order valence-corrected chi connectivity index (χ0v) is 25.4. The van der Waals surface area contributed by atoms with Crippen LogP contribution in [-0.4, -0.2) is 33.2 Å². The molecule has 0 aliphatic carbocycles. The van der Waals surface area contributed by atoms with Crippen molar-refractivity contribution in [1.29, 1.82) is 0 Å². The number of carbonyl (C=O) groups is 1. The molecule has 38 heavy (non-hydrogen) atoms. The molecule has 196 valence electrons. The van der Waals surface area contributed by atoms with E-state index in [1.807, 2.05) is 35.8 Å². The van der Waals surface area contributed by atoms with E-state index in [-0.39, 0.29) is 22.8 Å². The van der Waals surface area contributed by atoms with Gasteiger partial charge in [-0.25, -0.2) is 5.43 Å². The van der Waals surface area contributed by atoms with Gasteiger partial charge in [-0.05, 0) is 82.0 Å². The van der Waals surface area contributed by atoms with Crippen LogP contribution in [0.15, 0.2) is 79.9 Å². The van der Waals surface area contributed by atoms with Crippen LogP contribution in [0.3, 0.4) is 0 Å². The Hall–Kier alpha value is -2.95. The number of phenolic OH excluding ortho intramolecular Hbond substituents is 1. The number of rotatable bonds is 7. The van der Waals surface area contributed by atoms with Crippen LogP contribution in [0.1, 0.15) is 37.5 Å². The minimum atomic E-state index is -0.297. The van der Waals surface area contributed by atoms with Gasteiger partial charge >= 0.3 is 5.16 Å². The van der Waals surface area contributed by atoms with Crippen LogP contribution in [0.2, 0.25) is 0 Å². The molecule has 0 saturated heterocycles. The summed E-state index contributed by atoms with van der Waals surface area (Å²) in [7, 11) is 0. The number of aryl methyl sites for hydroxylation is 1. The number of H-pyrrole nitrogens is 1. The molecule has 0 atom stereocenters. The van der Waals surface area contributed by atoms with E-state index in [0.29, 0.717) is 15.2 Å². The second-order valence-electron chi connectivity index (χ2n) is 9.76. The number of hydrogen-bond acceptors (Lipinski definition) is 5. The SMILES string of the molecule is Cc1ccc(-[n+]2c(SCC(=O)NN=Cc3cc(Br)cc(Br)c3O)n[nH]c2-c2ccc(C(C)(C)C)cc2)cc1. The van der Waals surface area contributed by atoms with Gasteiger partial charge in [-0.2, -0.15) is 9.67 Å². The lowest BCUT2D eigenvalue weighted by molar-refractivity contribution is -0.625. The summed E-state index contributed by atoms with van der Waals surface area (Å²) in [6.07, 6.45) is 1.40. The lowest BCUT2D eigenvalue weighted by Gasteiger charge is -2.18. The number of nitrogens with one attached hydrogen (secondary N) is 2. The van der Waals surface area contributed by atoms with Crippen molar-refractivity contribution in [3.05, 3.63) is 86.3 Å². The molecular formula is C28H28Br2N5O2S+. The fraction of sp³-hybridized carbons (Fsp3) is 0.214. The average Bonchev–Trinajstić information content (AvgIpc) is 3.29.